The van der Waals surface area contributed by atoms with E-state index in [1.807, 2.05) is 0 Å². The Labute approximate surface area is 153 Å². The first-order valence-corrected chi connectivity index (χ1v) is 7.75. The van der Waals surface area contributed by atoms with E-state index >= 15 is 0 Å². The first kappa shape index (κ1) is 19.7. The van der Waals surface area contributed by atoms with E-state index in [9.17, 15) is 18.0 Å². The number of rotatable bonds is 6. The second-order valence-corrected chi connectivity index (χ2v) is 5.57. The fourth-order valence-electron chi connectivity index (χ4n) is 2.11. The zero-order valence-corrected chi connectivity index (χ0v) is 14.7. The van der Waals surface area contributed by atoms with Crippen LogP contribution in [-0.4, -0.2) is 26.7 Å². The highest BCUT2D eigenvalue weighted by Gasteiger charge is 2.29. The van der Waals surface area contributed by atoms with Crippen molar-refractivity contribution >= 4 is 28.9 Å². The number of hydrogen-bond donors (Lipinski definition) is 2. The lowest BCUT2D eigenvalue weighted by atomic mass is 10.2. The molecule has 9 heteroatoms. The number of nitrogens with one attached hydrogen (secondary N) is 2. The average Bonchev–Trinajstić information content (AvgIpc) is 2.60. The molecule has 26 heavy (non-hydrogen) atoms. The Morgan fingerprint density at radius 2 is 1.69 bits per heavy atom. The molecule has 0 aliphatic rings. The summed E-state index contributed by atoms with van der Waals surface area (Å²) in [5.41, 5.74) is -0.0210. The highest BCUT2D eigenvalue weighted by atomic mass is 35.5. The third-order valence-corrected chi connectivity index (χ3v) is 3.71. The second kappa shape index (κ2) is 8.18. The molecule has 5 nitrogen and oxygen atoms in total. The molecule has 0 aromatic heterocycles. The van der Waals surface area contributed by atoms with Crippen LogP contribution in [0.15, 0.2) is 36.4 Å². The summed E-state index contributed by atoms with van der Waals surface area (Å²) in [6.07, 6.45) is -4.40. The Balaban J connectivity index is 2.01. The predicted molar refractivity (Wildman–Crippen MR) is 93.1 cm³/mol. The lowest BCUT2D eigenvalue weighted by molar-refractivity contribution is -0.137. The number of carbonyl (C=O) groups excluding carboxylic acids is 1. The number of anilines is 2. The molecule has 0 aliphatic carbocycles. The fraction of sp³-hybridized carbons (Fsp3) is 0.235. The molecule has 2 N–H and O–H groups in total. The van der Waals surface area contributed by atoms with Crippen molar-refractivity contribution in [3.63, 3.8) is 0 Å². The molecular formula is C17H16ClF3N2O3. The van der Waals surface area contributed by atoms with E-state index < -0.39 is 17.6 Å². The minimum atomic E-state index is -4.40. The van der Waals surface area contributed by atoms with Gasteiger partial charge in [0, 0.05) is 17.8 Å². The van der Waals surface area contributed by atoms with Gasteiger partial charge in [0.2, 0.25) is 5.91 Å². The number of alkyl halides is 3. The van der Waals surface area contributed by atoms with Crippen LogP contribution >= 0.6 is 11.6 Å². The highest BCUT2D eigenvalue weighted by Crippen LogP contribution is 2.35. The zero-order valence-electron chi connectivity index (χ0n) is 13.9. The fourth-order valence-corrected chi connectivity index (χ4v) is 2.34. The molecule has 0 saturated heterocycles. The van der Waals surface area contributed by atoms with Crippen molar-refractivity contribution in [1.29, 1.82) is 0 Å². The first-order valence-electron chi connectivity index (χ1n) is 7.37. The van der Waals surface area contributed by atoms with Gasteiger partial charge in [-0.25, -0.2) is 0 Å². The van der Waals surface area contributed by atoms with Crippen LogP contribution in [0.2, 0.25) is 5.02 Å². The lowest BCUT2D eigenvalue weighted by Crippen LogP contribution is -2.22. The molecule has 0 fully saturated rings. The van der Waals surface area contributed by atoms with Crippen LogP contribution in [0.4, 0.5) is 24.5 Å². The van der Waals surface area contributed by atoms with Crippen LogP contribution in [0.3, 0.4) is 0 Å². The average molecular weight is 389 g/mol. The molecule has 0 saturated carbocycles. The molecule has 0 unspecified atom stereocenters. The van der Waals surface area contributed by atoms with E-state index in [0.29, 0.717) is 27.9 Å². The van der Waals surface area contributed by atoms with Gasteiger partial charge in [0.1, 0.15) is 11.5 Å². The van der Waals surface area contributed by atoms with Gasteiger partial charge >= 0.3 is 6.18 Å². The smallest absolute Gasteiger partial charge is 0.416 e. The molecule has 0 heterocycles. The summed E-state index contributed by atoms with van der Waals surface area (Å²) in [6, 6.07) is 7.39. The second-order valence-electron chi connectivity index (χ2n) is 5.16. The van der Waals surface area contributed by atoms with Gasteiger partial charge in [-0.3, -0.25) is 4.79 Å². The van der Waals surface area contributed by atoms with Crippen molar-refractivity contribution in [1.82, 2.24) is 0 Å². The van der Waals surface area contributed by atoms with E-state index in [-0.39, 0.29) is 6.54 Å². The van der Waals surface area contributed by atoms with Crippen molar-refractivity contribution in [2.45, 2.75) is 6.18 Å². The van der Waals surface area contributed by atoms with Crippen molar-refractivity contribution in [2.75, 3.05) is 31.4 Å². The first-order chi connectivity index (χ1) is 12.2. The summed E-state index contributed by atoms with van der Waals surface area (Å²) in [5, 5.41) is 5.69. The molecule has 0 spiro atoms. The summed E-state index contributed by atoms with van der Waals surface area (Å²) in [6.45, 7) is -0.153. The minimum Gasteiger partial charge on any atom is -0.495 e. The number of halogens is 4. The van der Waals surface area contributed by atoms with Crippen LogP contribution in [0.25, 0.3) is 0 Å². The summed E-state index contributed by atoms with van der Waals surface area (Å²) in [4.78, 5) is 12.1. The predicted octanol–water partition coefficient (Wildman–Crippen LogP) is 4.43. The maximum absolute atomic E-state index is 12.5. The standard InChI is InChI=1S/C17H16ClF3N2O3/c1-25-14-8-13(15(26-2)7-12(14)18)23-16(24)9-22-11-5-3-10(4-6-11)17(19,20)21/h3-8,22H,9H2,1-2H3,(H,23,24). The zero-order chi connectivity index (χ0) is 19.3. The minimum absolute atomic E-state index is 0.153. The van der Waals surface area contributed by atoms with Crippen molar-refractivity contribution < 1.29 is 27.4 Å². The number of methoxy groups -OCH3 is 2. The van der Waals surface area contributed by atoms with Gasteiger partial charge < -0.3 is 20.1 Å². The molecule has 140 valence electrons. The number of carbonyl (C=O) groups is 1. The topological polar surface area (TPSA) is 59.6 Å². The number of benzene rings is 2. The molecule has 0 bridgehead atoms. The van der Waals surface area contributed by atoms with Crippen molar-refractivity contribution in [3.8, 4) is 11.5 Å². The van der Waals surface area contributed by atoms with Crippen molar-refractivity contribution in [3.05, 3.63) is 47.0 Å². The van der Waals surface area contributed by atoms with Gasteiger partial charge in [0.15, 0.2) is 0 Å². The van der Waals surface area contributed by atoms with E-state index in [4.69, 9.17) is 21.1 Å². The Kier molecular flexibility index (Phi) is 6.20. The highest BCUT2D eigenvalue weighted by molar-refractivity contribution is 6.32. The third-order valence-electron chi connectivity index (χ3n) is 3.41. The van der Waals surface area contributed by atoms with Crippen LogP contribution in [0.5, 0.6) is 11.5 Å². The van der Waals surface area contributed by atoms with Gasteiger partial charge in [0.25, 0.3) is 0 Å². The lowest BCUT2D eigenvalue weighted by Gasteiger charge is -2.14. The Morgan fingerprint density at radius 1 is 1.08 bits per heavy atom. The molecule has 1 amide bonds. The van der Waals surface area contributed by atoms with E-state index in [2.05, 4.69) is 10.6 Å². The van der Waals surface area contributed by atoms with Crippen LogP contribution in [-0.2, 0) is 11.0 Å². The van der Waals surface area contributed by atoms with Crippen molar-refractivity contribution in [2.24, 2.45) is 0 Å². The monoisotopic (exact) mass is 388 g/mol. The van der Waals surface area contributed by atoms with Gasteiger partial charge in [-0.15, -0.1) is 0 Å². The van der Waals surface area contributed by atoms with E-state index in [1.54, 1.807) is 0 Å². The normalized spacial score (nSPS) is 11.0. The van der Waals surface area contributed by atoms with Crippen LogP contribution in [0.1, 0.15) is 5.56 Å². The Bertz CT molecular complexity index is 780. The van der Waals surface area contributed by atoms with Crippen LogP contribution in [0, 0.1) is 0 Å². The SMILES string of the molecule is COc1cc(NC(=O)CNc2ccc(C(F)(F)F)cc2)c(OC)cc1Cl. The molecule has 2 aromatic carbocycles. The van der Waals surface area contributed by atoms with Gasteiger partial charge in [0.05, 0.1) is 37.0 Å². The number of ether oxygens (including phenoxy) is 2. The summed E-state index contributed by atoms with van der Waals surface area (Å²) >= 11 is 5.99. The summed E-state index contributed by atoms with van der Waals surface area (Å²) in [5.74, 6) is 0.282. The largest absolute Gasteiger partial charge is 0.495 e. The Morgan fingerprint density at radius 3 is 2.23 bits per heavy atom. The summed E-state index contributed by atoms with van der Waals surface area (Å²) < 4.78 is 47.8. The van der Waals surface area contributed by atoms with Gasteiger partial charge in [-0.05, 0) is 24.3 Å². The molecule has 2 rings (SSSR count). The maximum Gasteiger partial charge on any atom is 0.416 e. The number of hydrogen-bond acceptors (Lipinski definition) is 4. The maximum atomic E-state index is 12.5. The molecule has 0 radical (unpaired) electrons. The molecule has 0 atom stereocenters. The van der Waals surface area contributed by atoms with Gasteiger partial charge in [-0.2, -0.15) is 13.2 Å². The van der Waals surface area contributed by atoms with Crippen LogP contribution < -0.4 is 20.1 Å². The quantitative estimate of drug-likeness (QED) is 0.768. The molecule has 2 aromatic rings. The van der Waals surface area contributed by atoms with Gasteiger partial charge in [-0.1, -0.05) is 11.6 Å². The van der Waals surface area contributed by atoms with E-state index in [1.165, 1.54) is 38.5 Å². The summed E-state index contributed by atoms with van der Waals surface area (Å²) in [7, 11) is 2.86. The Hall–Kier alpha value is -2.61. The third kappa shape index (κ3) is 4.95. The number of amides is 1. The van der Waals surface area contributed by atoms with E-state index in [0.717, 1.165) is 12.1 Å². The molecule has 0 aliphatic heterocycles. The molecular weight excluding hydrogens is 373 g/mol.